The Kier molecular flexibility index (Phi) is 4.28. The number of aromatic nitrogens is 4. The van der Waals surface area contributed by atoms with Crippen molar-refractivity contribution in [2.24, 2.45) is 0 Å². The number of carbonyl (C=O) groups is 1. The van der Waals surface area contributed by atoms with Crippen molar-refractivity contribution in [3.05, 3.63) is 53.6 Å². The van der Waals surface area contributed by atoms with Crippen molar-refractivity contribution in [3.63, 3.8) is 0 Å². The van der Waals surface area contributed by atoms with Crippen LogP contribution in [0.2, 0.25) is 0 Å². The number of likely N-dealkylation sites (tertiary alicyclic amines) is 1. The Hall–Kier alpha value is -2.96. The first-order valence-corrected chi connectivity index (χ1v) is 8.76. The molecule has 7 heteroatoms. The van der Waals surface area contributed by atoms with E-state index in [1.54, 1.807) is 17.7 Å². The van der Waals surface area contributed by atoms with Crippen molar-refractivity contribution in [2.45, 2.75) is 25.7 Å². The van der Waals surface area contributed by atoms with Gasteiger partial charge in [-0.25, -0.2) is 9.50 Å². The van der Waals surface area contributed by atoms with Crippen LogP contribution in [0.4, 0.5) is 0 Å². The van der Waals surface area contributed by atoms with Crippen molar-refractivity contribution in [1.82, 2.24) is 24.5 Å². The SMILES string of the molecule is COc1cccc(C(=O)N2CCCC(c3cc(C)nc4ncnn34)C2)c1. The van der Waals surface area contributed by atoms with Gasteiger partial charge in [0.15, 0.2) is 0 Å². The summed E-state index contributed by atoms with van der Waals surface area (Å²) in [7, 11) is 1.61. The van der Waals surface area contributed by atoms with Crippen LogP contribution in [0.25, 0.3) is 5.78 Å². The molecule has 1 aliphatic heterocycles. The monoisotopic (exact) mass is 351 g/mol. The van der Waals surface area contributed by atoms with Crippen molar-refractivity contribution in [3.8, 4) is 5.75 Å². The summed E-state index contributed by atoms with van der Waals surface area (Å²) in [6.07, 6.45) is 3.49. The Morgan fingerprint density at radius 3 is 3.04 bits per heavy atom. The van der Waals surface area contributed by atoms with E-state index in [-0.39, 0.29) is 11.8 Å². The number of nitrogens with zero attached hydrogens (tertiary/aromatic N) is 5. The molecule has 0 radical (unpaired) electrons. The molecule has 0 N–H and O–H groups in total. The first kappa shape index (κ1) is 16.5. The van der Waals surface area contributed by atoms with Crippen molar-refractivity contribution >= 4 is 11.7 Å². The van der Waals surface area contributed by atoms with Gasteiger partial charge in [-0.15, -0.1) is 0 Å². The molecule has 1 saturated heterocycles. The Morgan fingerprint density at radius 1 is 1.31 bits per heavy atom. The minimum atomic E-state index is 0.0363. The van der Waals surface area contributed by atoms with E-state index in [4.69, 9.17) is 4.74 Å². The molecule has 1 fully saturated rings. The molecule has 0 saturated carbocycles. The number of fused-ring (bicyclic) bond motifs is 1. The van der Waals surface area contributed by atoms with Gasteiger partial charge in [-0.05, 0) is 44.0 Å². The summed E-state index contributed by atoms with van der Waals surface area (Å²) in [5.41, 5.74) is 2.63. The lowest BCUT2D eigenvalue weighted by atomic mass is 9.93. The second-order valence-corrected chi connectivity index (χ2v) is 6.62. The fourth-order valence-electron chi connectivity index (χ4n) is 3.59. The van der Waals surface area contributed by atoms with Gasteiger partial charge in [-0.2, -0.15) is 10.1 Å². The highest BCUT2D eigenvalue weighted by molar-refractivity contribution is 5.94. The Bertz CT molecular complexity index is 952. The van der Waals surface area contributed by atoms with Gasteiger partial charge in [-0.3, -0.25) is 4.79 Å². The normalized spacial score (nSPS) is 17.5. The topological polar surface area (TPSA) is 72.6 Å². The van der Waals surface area contributed by atoms with E-state index in [9.17, 15) is 4.79 Å². The third-order valence-corrected chi connectivity index (χ3v) is 4.85. The van der Waals surface area contributed by atoms with Crippen LogP contribution < -0.4 is 4.74 Å². The minimum Gasteiger partial charge on any atom is -0.497 e. The smallest absolute Gasteiger partial charge is 0.254 e. The predicted molar refractivity (Wildman–Crippen MR) is 96.4 cm³/mol. The maximum Gasteiger partial charge on any atom is 0.254 e. The molecule has 1 aliphatic rings. The Morgan fingerprint density at radius 2 is 2.19 bits per heavy atom. The summed E-state index contributed by atoms with van der Waals surface area (Å²) in [5.74, 6) is 1.55. The Balaban J connectivity index is 1.61. The summed E-state index contributed by atoms with van der Waals surface area (Å²) in [6.45, 7) is 3.38. The molecule has 7 nitrogen and oxygen atoms in total. The van der Waals surface area contributed by atoms with Gasteiger partial charge in [0.1, 0.15) is 12.1 Å². The summed E-state index contributed by atoms with van der Waals surface area (Å²) in [6, 6.07) is 9.36. The number of aryl methyl sites for hydroxylation is 1. The fraction of sp³-hybridized carbons (Fsp3) is 0.368. The van der Waals surface area contributed by atoms with Crippen LogP contribution in [0, 0.1) is 6.92 Å². The lowest BCUT2D eigenvalue weighted by Gasteiger charge is -2.33. The number of amides is 1. The second kappa shape index (κ2) is 6.74. The van der Waals surface area contributed by atoms with Crippen LogP contribution in [0.15, 0.2) is 36.7 Å². The number of hydrogen-bond donors (Lipinski definition) is 0. The van der Waals surface area contributed by atoms with Crippen molar-refractivity contribution in [2.75, 3.05) is 20.2 Å². The molecule has 3 heterocycles. The number of carbonyl (C=O) groups excluding carboxylic acids is 1. The molecule has 1 atom stereocenters. The van der Waals surface area contributed by atoms with Gasteiger partial charge in [0, 0.05) is 30.3 Å². The van der Waals surface area contributed by atoms with Gasteiger partial charge in [0.05, 0.1) is 12.8 Å². The van der Waals surface area contributed by atoms with Gasteiger partial charge >= 0.3 is 0 Å². The zero-order chi connectivity index (χ0) is 18.1. The van der Waals surface area contributed by atoms with E-state index in [1.807, 2.05) is 36.1 Å². The van der Waals surface area contributed by atoms with E-state index in [0.29, 0.717) is 23.6 Å². The molecule has 1 amide bonds. The summed E-state index contributed by atoms with van der Waals surface area (Å²) in [4.78, 5) is 23.5. The van der Waals surface area contributed by atoms with Gasteiger partial charge < -0.3 is 9.64 Å². The lowest BCUT2D eigenvalue weighted by Crippen LogP contribution is -2.39. The first-order valence-electron chi connectivity index (χ1n) is 8.76. The molecule has 0 bridgehead atoms. The average molecular weight is 351 g/mol. The van der Waals surface area contributed by atoms with Gasteiger partial charge in [-0.1, -0.05) is 6.07 Å². The summed E-state index contributed by atoms with van der Waals surface area (Å²) >= 11 is 0. The maximum atomic E-state index is 12.9. The number of hydrogen-bond acceptors (Lipinski definition) is 5. The molecule has 0 aliphatic carbocycles. The maximum absolute atomic E-state index is 12.9. The number of piperidine rings is 1. The standard InChI is InChI=1S/C19H21N5O2/c1-13-9-17(24-19(22-13)20-12-21-24)15-6-4-8-23(11-15)18(25)14-5-3-7-16(10-14)26-2/h3,5,7,9-10,12,15H,4,6,8,11H2,1-2H3. The van der Waals surface area contributed by atoms with Crippen LogP contribution >= 0.6 is 0 Å². The molecule has 3 aromatic rings. The number of rotatable bonds is 3. The van der Waals surface area contributed by atoms with Crippen LogP contribution in [-0.2, 0) is 0 Å². The molecular weight excluding hydrogens is 330 g/mol. The quantitative estimate of drug-likeness (QED) is 0.725. The molecule has 4 rings (SSSR count). The van der Waals surface area contributed by atoms with Crippen LogP contribution in [0.3, 0.4) is 0 Å². The molecule has 0 spiro atoms. The lowest BCUT2D eigenvalue weighted by molar-refractivity contribution is 0.0705. The molecule has 1 unspecified atom stereocenters. The number of ether oxygens (including phenoxy) is 1. The summed E-state index contributed by atoms with van der Waals surface area (Å²) in [5, 5.41) is 4.31. The largest absolute Gasteiger partial charge is 0.497 e. The molecule has 134 valence electrons. The summed E-state index contributed by atoms with van der Waals surface area (Å²) < 4.78 is 7.03. The number of methoxy groups -OCH3 is 1. The third kappa shape index (κ3) is 3.00. The fourth-order valence-corrected chi connectivity index (χ4v) is 3.59. The second-order valence-electron chi connectivity index (χ2n) is 6.62. The first-order chi connectivity index (χ1) is 12.7. The highest BCUT2D eigenvalue weighted by Gasteiger charge is 2.27. The van der Waals surface area contributed by atoms with Crippen LogP contribution in [0.1, 0.15) is 40.5 Å². The van der Waals surface area contributed by atoms with Crippen molar-refractivity contribution < 1.29 is 9.53 Å². The molecular formula is C19H21N5O2. The Labute approximate surface area is 151 Å². The average Bonchev–Trinajstić information content (AvgIpc) is 3.15. The van der Waals surface area contributed by atoms with Crippen molar-refractivity contribution in [1.29, 1.82) is 0 Å². The third-order valence-electron chi connectivity index (χ3n) is 4.85. The van der Waals surface area contributed by atoms with E-state index in [1.165, 1.54) is 6.33 Å². The highest BCUT2D eigenvalue weighted by atomic mass is 16.5. The molecule has 1 aromatic carbocycles. The van der Waals surface area contributed by atoms with E-state index < -0.39 is 0 Å². The number of benzene rings is 1. The van der Waals surface area contributed by atoms with Gasteiger partial charge in [0.2, 0.25) is 0 Å². The highest BCUT2D eigenvalue weighted by Crippen LogP contribution is 2.28. The van der Waals surface area contributed by atoms with Crippen LogP contribution in [0.5, 0.6) is 5.75 Å². The predicted octanol–water partition coefficient (Wildman–Crippen LogP) is 2.46. The van der Waals surface area contributed by atoms with E-state index in [2.05, 4.69) is 15.1 Å². The zero-order valence-electron chi connectivity index (χ0n) is 14.9. The zero-order valence-corrected chi connectivity index (χ0v) is 14.9. The minimum absolute atomic E-state index is 0.0363. The molecule has 2 aromatic heterocycles. The van der Waals surface area contributed by atoms with E-state index in [0.717, 1.165) is 30.8 Å². The van der Waals surface area contributed by atoms with Gasteiger partial charge in [0.25, 0.3) is 11.7 Å². The van der Waals surface area contributed by atoms with Crippen LogP contribution in [-0.4, -0.2) is 50.6 Å². The molecule has 26 heavy (non-hydrogen) atoms. The van der Waals surface area contributed by atoms with E-state index >= 15 is 0 Å².